The van der Waals surface area contributed by atoms with Gasteiger partial charge in [0.05, 0.1) is 26.9 Å². The standard InChI is InChI=1S/C36H24N2S/c1-5-15-30-24(10-1)25-11-2-6-16-31(25)37(30)23-20-21-33-29(22-23)26-12-3-7-17-32(26)38(33)34-18-9-14-28-27-13-4-8-19-35(27)39-36(28)34/h1-2,4-11,13-22H,3,12H2. The van der Waals surface area contributed by atoms with Gasteiger partial charge in [-0.2, -0.15) is 0 Å². The second kappa shape index (κ2) is 7.95. The summed E-state index contributed by atoms with van der Waals surface area (Å²) in [6.07, 6.45) is 6.81. The summed E-state index contributed by atoms with van der Waals surface area (Å²) in [5.74, 6) is 0. The quantitative estimate of drug-likeness (QED) is 0.216. The molecule has 184 valence electrons. The Labute approximate surface area is 229 Å². The van der Waals surface area contributed by atoms with Crippen LogP contribution in [0.3, 0.4) is 0 Å². The maximum absolute atomic E-state index is 2.51. The molecule has 0 amide bonds. The SMILES string of the molecule is C1=Cc2c(c3cc(-n4c5ccccc5c5ccccc54)ccc3n2-c2cccc3c2sc2ccccc23)CC1. The number of allylic oxidation sites excluding steroid dienone is 1. The van der Waals surface area contributed by atoms with Gasteiger partial charge in [0.25, 0.3) is 0 Å². The molecule has 3 aromatic heterocycles. The molecule has 0 radical (unpaired) electrons. The van der Waals surface area contributed by atoms with Crippen LogP contribution in [0.25, 0.3) is 70.3 Å². The zero-order valence-electron chi connectivity index (χ0n) is 21.3. The first-order chi connectivity index (χ1) is 19.4. The Bertz CT molecular complexity index is 2240. The fourth-order valence-corrected chi connectivity index (χ4v) is 7.94. The van der Waals surface area contributed by atoms with Crippen molar-refractivity contribution >= 4 is 70.3 Å². The van der Waals surface area contributed by atoms with Crippen LogP contribution in [-0.2, 0) is 6.42 Å². The highest BCUT2D eigenvalue weighted by Gasteiger charge is 2.22. The Kier molecular flexibility index (Phi) is 4.35. The summed E-state index contributed by atoms with van der Waals surface area (Å²) in [6, 6.07) is 40.1. The van der Waals surface area contributed by atoms with Crippen molar-refractivity contribution in [2.75, 3.05) is 0 Å². The average Bonchev–Trinajstić information content (AvgIpc) is 3.65. The predicted octanol–water partition coefficient (Wildman–Crippen LogP) is 10.1. The van der Waals surface area contributed by atoms with E-state index in [4.69, 9.17) is 0 Å². The number of aromatic nitrogens is 2. The predicted molar refractivity (Wildman–Crippen MR) is 168 cm³/mol. The summed E-state index contributed by atoms with van der Waals surface area (Å²) >= 11 is 1.90. The van der Waals surface area contributed by atoms with Crippen molar-refractivity contribution in [3.05, 3.63) is 127 Å². The van der Waals surface area contributed by atoms with Crippen LogP contribution < -0.4 is 0 Å². The fourth-order valence-electron chi connectivity index (χ4n) is 6.73. The van der Waals surface area contributed by atoms with Crippen LogP contribution >= 0.6 is 11.3 Å². The van der Waals surface area contributed by atoms with Crippen LogP contribution in [0, 0.1) is 0 Å². The van der Waals surface area contributed by atoms with Crippen LogP contribution in [0.4, 0.5) is 0 Å². The van der Waals surface area contributed by atoms with Gasteiger partial charge in [-0.3, -0.25) is 0 Å². The number of hydrogen-bond acceptors (Lipinski definition) is 1. The first-order valence-corrected chi connectivity index (χ1v) is 14.4. The molecule has 0 saturated carbocycles. The van der Waals surface area contributed by atoms with Gasteiger partial charge in [0, 0.05) is 43.0 Å². The van der Waals surface area contributed by atoms with Crippen molar-refractivity contribution < 1.29 is 0 Å². The smallest absolute Gasteiger partial charge is 0.0640 e. The molecular formula is C36H24N2S. The molecule has 2 nitrogen and oxygen atoms in total. The molecule has 0 atom stereocenters. The average molecular weight is 517 g/mol. The molecule has 0 aliphatic heterocycles. The van der Waals surface area contributed by atoms with Gasteiger partial charge < -0.3 is 9.13 Å². The highest BCUT2D eigenvalue weighted by molar-refractivity contribution is 7.26. The summed E-state index contributed by atoms with van der Waals surface area (Å²) in [4.78, 5) is 0. The number of fused-ring (bicyclic) bond motifs is 9. The van der Waals surface area contributed by atoms with E-state index in [0.717, 1.165) is 12.8 Å². The van der Waals surface area contributed by atoms with Crippen molar-refractivity contribution in [1.29, 1.82) is 0 Å². The van der Waals surface area contributed by atoms with Gasteiger partial charge in [0.1, 0.15) is 0 Å². The van der Waals surface area contributed by atoms with Crippen LogP contribution in [0.5, 0.6) is 0 Å². The molecule has 3 heteroatoms. The summed E-state index contributed by atoms with van der Waals surface area (Å²) in [6.45, 7) is 0. The maximum atomic E-state index is 2.51. The van der Waals surface area contributed by atoms with Crippen LogP contribution in [0.2, 0.25) is 0 Å². The van der Waals surface area contributed by atoms with Gasteiger partial charge in [-0.05, 0) is 66.9 Å². The van der Waals surface area contributed by atoms with Gasteiger partial charge in [0.15, 0.2) is 0 Å². The Morgan fingerprint density at radius 3 is 2.08 bits per heavy atom. The highest BCUT2D eigenvalue weighted by Crippen LogP contribution is 2.42. The fraction of sp³-hybridized carbons (Fsp3) is 0.0556. The van der Waals surface area contributed by atoms with Crippen molar-refractivity contribution in [3.63, 3.8) is 0 Å². The molecule has 8 aromatic rings. The van der Waals surface area contributed by atoms with Crippen molar-refractivity contribution in [1.82, 2.24) is 9.13 Å². The van der Waals surface area contributed by atoms with Gasteiger partial charge in [0.2, 0.25) is 0 Å². The number of para-hydroxylation sites is 2. The number of rotatable bonds is 2. The number of nitrogens with zero attached hydrogens (tertiary/aromatic N) is 2. The summed E-state index contributed by atoms with van der Waals surface area (Å²) < 4.78 is 7.63. The number of thiophene rings is 1. The van der Waals surface area contributed by atoms with Gasteiger partial charge in [-0.25, -0.2) is 0 Å². The lowest BCUT2D eigenvalue weighted by Gasteiger charge is -2.13. The monoisotopic (exact) mass is 516 g/mol. The normalized spacial score (nSPS) is 13.3. The minimum absolute atomic E-state index is 1.06. The third-order valence-corrected chi connectivity index (χ3v) is 9.60. The van der Waals surface area contributed by atoms with Crippen molar-refractivity contribution in [3.8, 4) is 11.4 Å². The first-order valence-electron chi connectivity index (χ1n) is 13.6. The summed E-state index contributed by atoms with van der Waals surface area (Å²) in [5, 5.41) is 6.63. The molecule has 1 aliphatic rings. The molecule has 0 saturated heterocycles. The van der Waals surface area contributed by atoms with E-state index in [-0.39, 0.29) is 0 Å². The summed E-state index contributed by atoms with van der Waals surface area (Å²) in [7, 11) is 0. The highest BCUT2D eigenvalue weighted by atomic mass is 32.1. The summed E-state index contributed by atoms with van der Waals surface area (Å²) in [5.41, 5.74) is 9.04. The molecule has 1 aliphatic carbocycles. The molecule has 3 heterocycles. The van der Waals surface area contributed by atoms with Gasteiger partial charge in [-0.15, -0.1) is 11.3 Å². The third kappa shape index (κ3) is 2.91. The number of benzene rings is 5. The molecule has 0 bridgehead atoms. The van der Waals surface area contributed by atoms with E-state index in [1.54, 1.807) is 0 Å². The Hall–Kier alpha value is -4.60. The van der Waals surface area contributed by atoms with Gasteiger partial charge >= 0.3 is 0 Å². The Morgan fingerprint density at radius 2 is 1.26 bits per heavy atom. The maximum Gasteiger partial charge on any atom is 0.0640 e. The van der Waals surface area contributed by atoms with E-state index < -0.39 is 0 Å². The molecule has 5 aromatic carbocycles. The van der Waals surface area contributed by atoms with Gasteiger partial charge in [-0.1, -0.05) is 72.8 Å². The zero-order valence-corrected chi connectivity index (χ0v) is 22.1. The largest absolute Gasteiger partial charge is 0.309 e. The molecule has 0 spiro atoms. The van der Waals surface area contributed by atoms with E-state index in [0.29, 0.717) is 0 Å². The van der Waals surface area contributed by atoms with Crippen molar-refractivity contribution in [2.24, 2.45) is 0 Å². The lowest BCUT2D eigenvalue weighted by molar-refractivity contribution is 0.970. The number of aryl methyl sites for hydroxylation is 1. The molecular weight excluding hydrogens is 492 g/mol. The minimum Gasteiger partial charge on any atom is -0.309 e. The zero-order chi connectivity index (χ0) is 25.5. The third-order valence-electron chi connectivity index (χ3n) is 8.40. The Balaban J connectivity index is 1.36. The van der Waals surface area contributed by atoms with Crippen LogP contribution in [0.15, 0.2) is 115 Å². The van der Waals surface area contributed by atoms with Crippen LogP contribution in [0.1, 0.15) is 17.7 Å². The first kappa shape index (κ1) is 21.3. The van der Waals surface area contributed by atoms with Crippen molar-refractivity contribution in [2.45, 2.75) is 12.8 Å². The Morgan fingerprint density at radius 1 is 0.564 bits per heavy atom. The molecule has 9 rings (SSSR count). The van der Waals surface area contributed by atoms with Crippen LogP contribution in [-0.4, -0.2) is 9.13 Å². The second-order valence-electron chi connectivity index (χ2n) is 10.5. The van der Waals surface area contributed by atoms with E-state index in [2.05, 4.69) is 130 Å². The lowest BCUT2D eigenvalue weighted by Crippen LogP contribution is -2.00. The van der Waals surface area contributed by atoms with E-state index in [1.165, 1.54) is 75.5 Å². The lowest BCUT2D eigenvalue weighted by atomic mass is 10.0. The topological polar surface area (TPSA) is 9.86 Å². The van der Waals surface area contributed by atoms with E-state index in [1.807, 2.05) is 11.3 Å². The second-order valence-corrected chi connectivity index (χ2v) is 11.5. The molecule has 0 N–H and O–H groups in total. The number of hydrogen-bond donors (Lipinski definition) is 0. The minimum atomic E-state index is 1.06. The van der Waals surface area contributed by atoms with E-state index >= 15 is 0 Å². The molecule has 39 heavy (non-hydrogen) atoms. The molecule has 0 fully saturated rings. The van der Waals surface area contributed by atoms with E-state index in [9.17, 15) is 0 Å². The molecule has 0 unspecified atom stereocenters.